The fourth-order valence-corrected chi connectivity index (χ4v) is 4.46. The molecule has 0 unspecified atom stereocenters. The third kappa shape index (κ3) is 3.30. The SMILES string of the molecule is C=C(CC)/C(=C/CC)c1ccc2c(c1)[C@@H](c1ccccc1)CS2. The average molecular weight is 321 g/mol. The minimum atomic E-state index is 0.508. The van der Waals surface area contributed by atoms with Gasteiger partial charge >= 0.3 is 0 Å². The number of allylic oxidation sites excluding steroid dienone is 3. The van der Waals surface area contributed by atoms with Gasteiger partial charge in [-0.25, -0.2) is 0 Å². The fourth-order valence-electron chi connectivity index (χ4n) is 3.20. The van der Waals surface area contributed by atoms with Gasteiger partial charge in [0.25, 0.3) is 0 Å². The first-order chi connectivity index (χ1) is 11.2. The van der Waals surface area contributed by atoms with Crippen LogP contribution in [0.25, 0.3) is 5.57 Å². The van der Waals surface area contributed by atoms with E-state index in [9.17, 15) is 0 Å². The molecule has 2 aromatic rings. The maximum absolute atomic E-state index is 4.27. The zero-order valence-electron chi connectivity index (χ0n) is 14.0. The standard InChI is InChI=1S/C22H24S/c1-4-9-19(16(3)5-2)18-12-13-22-20(14-18)21(15-23-22)17-10-7-6-8-11-17/h6-14,21H,3-5,15H2,1-2H3/b19-9-/t21-/m1/s1. The lowest BCUT2D eigenvalue weighted by Gasteiger charge is -2.15. The summed E-state index contributed by atoms with van der Waals surface area (Å²) in [5, 5.41) is 0. The summed E-state index contributed by atoms with van der Waals surface area (Å²) in [6.07, 6.45) is 4.36. The Labute approximate surface area is 144 Å². The van der Waals surface area contributed by atoms with Crippen LogP contribution in [0.1, 0.15) is 49.3 Å². The molecular formula is C22H24S. The molecule has 0 bridgehead atoms. The molecule has 1 heteroatoms. The van der Waals surface area contributed by atoms with Gasteiger partial charge in [0.1, 0.15) is 0 Å². The molecule has 0 aromatic heterocycles. The van der Waals surface area contributed by atoms with E-state index in [2.05, 4.69) is 75.0 Å². The van der Waals surface area contributed by atoms with Crippen LogP contribution in [0.4, 0.5) is 0 Å². The van der Waals surface area contributed by atoms with Gasteiger partial charge < -0.3 is 0 Å². The molecule has 0 radical (unpaired) electrons. The van der Waals surface area contributed by atoms with Crippen LogP contribution in [0.15, 0.2) is 71.7 Å². The summed E-state index contributed by atoms with van der Waals surface area (Å²) >= 11 is 1.98. The Kier molecular flexibility index (Phi) is 5.07. The molecule has 1 atom stereocenters. The van der Waals surface area contributed by atoms with Crippen molar-refractivity contribution in [1.82, 2.24) is 0 Å². The number of thioether (sulfide) groups is 1. The maximum atomic E-state index is 4.27. The first-order valence-corrected chi connectivity index (χ1v) is 9.43. The van der Waals surface area contributed by atoms with E-state index in [1.54, 1.807) is 0 Å². The molecule has 3 rings (SSSR count). The van der Waals surface area contributed by atoms with Gasteiger partial charge in [0.15, 0.2) is 0 Å². The van der Waals surface area contributed by atoms with Gasteiger partial charge in [0.2, 0.25) is 0 Å². The zero-order valence-corrected chi connectivity index (χ0v) is 14.8. The topological polar surface area (TPSA) is 0 Å². The predicted molar refractivity (Wildman–Crippen MR) is 103 cm³/mol. The first-order valence-electron chi connectivity index (χ1n) is 8.45. The highest BCUT2D eigenvalue weighted by Gasteiger charge is 2.25. The highest BCUT2D eigenvalue weighted by molar-refractivity contribution is 7.99. The Morgan fingerprint density at radius 3 is 2.65 bits per heavy atom. The van der Waals surface area contributed by atoms with Crippen LogP contribution in [0.3, 0.4) is 0 Å². The van der Waals surface area contributed by atoms with Gasteiger partial charge in [0.05, 0.1) is 0 Å². The summed E-state index contributed by atoms with van der Waals surface area (Å²) < 4.78 is 0. The van der Waals surface area contributed by atoms with Crippen LogP contribution in [-0.2, 0) is 0 Å². The lowest BCUT2D eigenvalue weighted by Crippen LogP contribution is -2.00. The molecule has 1 heterocycles. The number of fused-ring (bicyclic) bond motifs is 1. The number of rotatable bonds is 5. The smallest absolute Gasteiger partial charge is 0.0195 e. The summed E-state index contributed by atoms with van der Waals surface area (Å²) in [6, 6.07) is 17.8. The van der Waals surface area contributed by atoms with Crippen molar-refractivity contribution in [3.8, 4) is 0 Å². The van der Waals surface area contributed by atoms with E-state index < -0.39 is 0 Å². The van der Waals surface area contributed by atoms with Gasteiger partial charge in [-0.05, 0) is 52.8 Å². The van der Waals surface area contributed by atoms with E-state index in [1.165, 1.54) is 32.7 Å². The van der Waals surface area contributed by atoms with Crippen molar-refractivity contribution >= 4 is 17.3 Å². The first kappa shape index (κ1) is 16.1. The third-order valence-electron chi connectivity index (χ3n) is 4.52. The van der Waals surface area contributed by atoms with Crippen LogP contribution in [0, 0.1) is 0 Å². The Morgan fingerprint density at radius 2 is 1.96 bits per heavy atom. The molecular weight excluding hydrogens is 296 g/mol. The summed E-state index contributed by atoms with van der Waals surface area (Å²) in [7, 11) is 0. The van der Waals surface area contributed by atoms with E-state index in [0.717, 1.165) is 18.6 Å². The average Bonchev–Trinajstić information content (AvgIpc) is 3.03. The van der Waals surface area contributed by atoms with E-state index in [-0.39, 0.29) is 0 Å². The Balaban J connectivity index is 2.02. The molecule has 1 aliphatic rings. The van der Waals surface area contributed by atoms with Crippen molar-refractivity contribution in [2.45, 2.75) is 37.5 Å². The van der Waals surface area contributed by atoms with Crippen molar-refractivity contribution in [1.29, 1.82) is 0 Å². The highest BCUT2D eigenvalue weighted by Crippen LogP contribution is 2.44. The maximum Gasteiger partial charge on any atom is 0.0195 e. The highest BCUT2D eigenvalue weighted by atomic mass is 32.2. The van der Waals surface area contributed by atoms with Crippen LogP contribution in [0.5, 0.6) is 0 Å². The van der Waals surface area contributed by atoms with Crippen LogP contribution < -0.4 is 0 Å². The van der Waals surface area contributed by atoms with E-state index in [4.69, 9.17) is 0 Å². The molecule has 1 aliphatic heterocycles. The van der Waals surface area contributed by atoms with Crippen LogP contribution in [-0.4, -0.2) is 5.75 Å². The van der Waals surface area contributed by atoms with Crippen molar-refractivity contribution in [2.75, 3.05) is 5.75 Å². The molecule has 0 aliphatic carbocycles. The lowest BCUT2D eigenvalue weighted by atomic mass is 9.89. The Bertz CT molecular complexity index is 725. The molecule has 118 valence electrons. The van der Waals surface area contributed by atoms with Crippen molar-refractivity contribution in [3.05, 3.63) is 83.4 Å². The molecule has 0 fully saturated rings. The molecule has 2 aromatic carbocycles. The van der Waals surface area contributed by atoms with Gasteiger partial charge in [-0.3, -0.25) is 0 Å². The van der Waals surface area contributed by atoms with Crippen LogP contribution in [0.2, 0.25) is 0 Å². The number of hydrogen-bond donors (Lipinski definition) is 0. The lowest BCUT2D eigenvalue weighted by molar-refractivity contribution is 0.936. The minimum Gasteiger partial charge on any atom is -0.125 e. The van der Waals surface area contributed by atoms with Crippen molar-refractivity contribution in [2.24, 2.45) is 0 Å². The molecule has 0 amide bonds. The summed E-state index contributed by atoms with van der Waals surface area (Å²) in [4.78, 5) is 1.43. The summed E-state index contributed by atoms with van der Waals surface area (Å²) in [5.41, 5.74) is 6.77. The van der Waals surface area contributed by atoms with Gasteiger partial charge in [-0.15, -0.1) is 11.8 Å². The minimum absolute atomic E-state index is 0.508. The molecule has 0 nitrogen and oxygen atoms in total. The Morgan fingerprint density at radius 1 is 1.17 bits per heavy atom. The van der Waals surface area contributed by atoms with Gasteiger partial charge in [0, 0.05) is 16.6 Å². The molecule has 0 saturated carbocycles. The van der Waals surface area contributed by atoms with Crippen molar-refractivity contribution in [3.63, 3.8) is 0 Å². The second-order valence-corrected chi connectivity index (χ2v) is 7.07. The molecule has 23 heavy (non-hydrogen) atoms. The zero-order chi connectivity index (χ0) is 16.2. The largest absolute Gasteiger partial charge is 0.125 e. The fraction of sp³-hybridized carbons (Fsp3) is 0.273. The van der Waals surface area contributed by atoms with Crippen molar-refractivity contribution < 1.29 is 0 Å². The number of hydrogen-bond acceptors (Lipinski definition) is 1. The van der Waals surface area contributed by atoms with Gasteiger partial charge in [-0.1, -0.05) is 62.9 Å². The summed E-state index contributed by atoms with van der Waals surface area (Å²) in [5.74, 6) is 1.65. The number of benzene rings is 2. The monoisotopic (exact) mass is 320 g/mol. The Hall–Kier alpha value is -1.73. The van der Waals surface area contributed by atoms with Gasteiger partial charge in [-0.2, -0.15) is 0 Å². The molecule has 0 saturated heterocycles. The molecule has 0 spiro atoms. The van der Waals surface area contributed by atoms with E-state index in [1.807, 2.05) is 11.8 Å². The second-order valence-electron chi connectivity index (χ2n) is 6.01. The quantitative estimate of drug-likeness (QED) is 0.553. The van der Waals surface area contributed by atoms with E-state index in [0.29, 0.717) is 5.92 Å². The predicted octanol–water partition coefficient (Wildman–Crippen LogP) is 6.68. The summed E-state index contributed by atoms with van der Waals surface area (Å²) in [6.45, 7) is 8.64. The third-order valence-corrected chi connectivity index (χ3v) is 5.70. The molecule has 0 N–H and O–H groups in total. The second kappa shape index (κ2) is 7.23. The van der Waals surface area contributed by atoms with Crippen LogP contribution >= 0.6 is 11.8 Å². The normalized spacial score (nSPS) is 17.1. The van der Waals surface area contributed by atoms with E-state index >= 15 is 0 Å².